The first-order chi connectivity index (χ1) is 10.2. The highest BCUT2D eigenvalue weighted by molar-refractivity contribution is 5.99. The fourth-order valence-electron chi connectivity index (χ4n) is 2.93. The fourth-order valence-corrected chi connectivity index (χ4v) is 2.93. The summed E-state index contributed by atoms with van der Waals surface area (Å²) in [5.41, 5.74) is 1.43. The number of benzene rings is 1. The minimum atomic E-state index is -0.892. The molecule has 0 saturated carbocycles. The quantitative estimate of drug-likeness (QED) is 0.851. The highest BCUT2D eigenvalue weighted by atomic mass is 16.5. The Kier molecular flexibility index (Phi) is 3.90. The van der Waals surface area contributed by atoms with Crippen LogP contribution in [0.1, 0.15) is 17.9 Å². The molecule has 1 fully saturated rings. The third-order valence-corrected chi connectivity index (χ3v) is 3.99. The van der Waals surface area contributed by atoms with E-state index >= 15 is 0 Å². The van der Waals surface area contributed by atoms with Crippen LogP contribution < -0.4 is 10.2 Å². The molecule has 21 heavy (non-hydrogen) atoms. The molecule has 2 atom stereocenters. The van der Waals surface area contributed by atoms with Crippen LogP contribution in [0.5, 0.6) is 0 Å². The van der Waals surface area contributed by atoms with Gasteiger partial charge in [-0.3, -0.25) is 9.59 Å². The number of carbonyl (C=O) groups excluding carboxylic acids is 1. The summed E-state index contributed by atoms with van der Waals surface area (Å²) < 4.78 is 5.35. The number of carboxylic acid groups (broad SMARTS) is 1. The number of rotatable bonds is 3. The highest BCUT2D eigenvalue weighted by Gasteiger charge is 2.36. The second-order valence-electron chi connectivity index (χ2n) is 5.38. The zero-order valence-electron chi connectivity index (χ0n) is 11.6. The van der Waals surface area contributed by atoms with Crippen molar-refractivity contribution in [3.05, 3.63) is 29.8 Å². The van der Waals surface area contributed by atoms with Gasteiger partial charge in [0.1, 0.15) is 5.92 Å². The van der Waals surface area contributed by atoms with Gasteiger partial charge in [0.2, 0.25) is 5.91 Å². The molecular weight excluding hydrogens is 272 g/mol. The minimum Gasteiger partial charge on any atom is -0.481 e. The van der Waals surface area contributed by atoms with E-state index in [1.807, 2.05) is 6.07 Å². The van der Waals surface area contributed by atoms with Crippen LogP contribution in [0.4, 0.5) is 5.69 Å². The number of hydrogen-bond acceptors (Lipinski definition) is 4. The summed E-state index contributed by atoms with van der Waals surface area (Å²) in [4.78, 5) is 25.4. The summed E-state index contributed by atoms with van der Waals surface area (Å²) in [6.45, 7) is 2.13. The van der Waals surface area contributed by atoms with Gasteiger partial charge in [0.05, 0.1) is 13.2 Å². The third kappa shape index (κ3) is 2.77. The number of para-hydroxylation sites is 1. The number of ether oxygens (including phenoxy) is 1. The maximum absolute atomic E-state index is 12.5. The van der Waals surface area contributed by atoms with E-state index in [1.54, 1.807) is 23.1 Å². The predicted octanol–water partition coefficient (Wildman–Crippen LogP) is 0.580. The Morgan fingerprint density at radius 1 is 1.38 bits per heavy atom. The Hall–Kier alpha value is -1.92. The van der Waals surface area contributed by atoms with Crippen LogP contribution in [0.2, 0.25) is 0 Å². The molecule has 1 aromatic rings. The molecule has 0 aromatic heterocycles. The van der Waals surface area contributed by atoms with Gasteiger partial charge in [-0.05, 0) is 11.6 Å². The van der Waals surface area contributed by atoms with E-state index in [2.05, 4.69) is 5.32 Å². The molecule has 6 heteroatoms. The number of aliphatic carboxylic acids is 1. The van der Waals surface area contributed by atoms with Crippen LogP contribution >= 0.6 is 0 Å². The Morgan fingerprint density at radius 2 is 2.19 bits per heavy atom. The number of hydrogen-bond donors (Lipinski definition) is 2. The van der Waals surface area contributed by atoms with Crippen molar-refractivity contribution in [2.45, 2.75) is 18.4 Å². The Morgan fingerprint density at radius 3 is 2.90 bits per heavy atom. The molecule has 2 aliphatic rings. The summed E-state index contributed by atoms with van der Waals surface area (Å²) in [6, 6.07) is 7.22. The number of fused-ring (bicyclic) bond motifs is 1. The van der Waals surface area contributed by atoms with Crippen LogP contribution in [0, 0.1) is 0 Å². The van der Waals surface area contributed by atoms with Crippen LogP contribution in [0.3, 0.4) is 0 Å². The van der Waals surface area contributed by atoms with E-state index in [0.717, 1.165) is 6.54 Å². The molecule has 1 aromatic carbocycles. The molecule has 3 rings (SSSR count). The average molecular weight is 290 g/mol. The molecule has 0 radical (unpaired) electrons. The van der Waals surface area contributed by atoms with Gasteiger partial charge in [-0.1, -0.05) is 18.2 Å². The number of nitrogens with zero attached hydrogens (tertiary/aromatic N) is 1. The van der Waals surface area contributed by atoms with Gasteiger partial charge in [0, 0.05) is 31.2 Å². The van der Waals surface area contributed by atoms with E-state index in [0.29, 0.717) is 30.9 Å². The summed E-state index contributed by atoms with van der Waals surface area (Å²) in [6.07, 6.45) is 0.320. The lowest BCUT2D eigenvalue weighted by molar-refractivity contribution is -0.138. The minimum absolute atomic E-state index is 0.00212. The first-order valence-electron chi connectivity index (χ1n) is 7.10. The van der Waals surface area contributed by atoms with Crippen molar-refractivity contribution < 1.29 is 19.4 Å². The summed E-state index contributed by atoms with van der Waals surface area (Å²) in [5.74, 6) is -1.59. The molecule has 0 bridgehead atoms. The number of anilines is 1. The SMILES string of the molecule is O=C(O)C1CN(C(=O)CC2COCCN2)c2ccccc21. The molecule has 1 saturated heterocycles. The van der Waals surface area contributed by atoms with Gasteiger partial charge in [0.15, 0.2) is 0 Å². The number of nitrogens with one attached hydrogen (secondary N) is 1. The summed E-state index contributed by atoms with van der Waals surface area (Å²) in [5, 5.41) is 12.6. The molecule has 6 nitrogen and oxygen atoms in total. The zero-order valence-corrected chi connectivity index (χ0v) is 11.6. The first kappa shape index (κ1) is 14.0. The lowest BCUT2D eigenvalue weighted by Gasteiger charge is -2.26. The van der Waals surface area contributed by atoms with Crippen LogP contribution in [-0.2, 0) is 14.3 Å². The van der Waals surface area contributed by atoms with E-state index in [1.165, 1.54) is 0 Å². The molecule has 2 unspecified atom stereocenters. The maximum Gasteiger partial charge on any atom is 0.312 e. The Bertz CT molecular complexity index is 554. The van der Waals surface area contributed by atoms with Gasteiger partial charge in [-0.25, -0.2) is 0 Å². The second kappa shape index (κ2) is 5.83. The standard InChI is InChI=1S/C15H18N2O4/c18-14(7-10-9-21-6-5-16-10)17-8-12(15(19)20)11-3-1-2-4-13(11)17/h1-4,10,12,16H,5-9H2,(H,19,20). The molecule has 1 amide bonds. The largest absolute Gasteiger partial charge is 0.481 e. The second-order valence-corrected chi connectivity index (χ2v) is 5.38. The maximum atomic E-state index is 12.5. The average Bonchev–Trinajstić information content (AvgIpc) is 2.88. The number of amides is 1. The fraction of sp³-hybridized carbons (Fsp3) is 0.467. The topological polar surface area (TPSA) is 78.9 Å². The summed E-state index contributed by atoms with van der Waals surface area (Å²) >= 11 is 0. The number of carbonyl (C=O) groups is 2. The third-order valence-electron chi connectivity index (χ3n) is 3.99. The lowest BCUT2D eigenvalue weighted by Crippen LogP contribution is -2.45. The monoisotopic (exact) mass is 290 g/mol. The van der Waals surface area contributed by atoms with E-state index in [4.69, 9.17) is 4.74 Å². The molecule has 2 heterocycles. The molecular formula is C15H18N2O4. The molecule has 0 aliphatic carbocycles. The van der Waals surface area contributed by atoms with Crippen molar-refractivity contribution in [1.82, 2.24) is 5.32 Å². The van der Waals surface area contributed by atoms with Gasteiger partial charge in [0.25, 0.3) is 0 Å². The van der Waals surface area contributed by atoms with Crippen molar-refractivity contribution in [3.8, 4) is 0 Å². The van der Waals surface area contributed by atoms with E-state index in [9.17, 15) is 14.7 Å². The number of carboxylic acids is 1. The first-order valence-corrected chi connectivity index (χ1v) is 7.10. The zero-order chi connectivity index (χ0) is 14.8. The predicted molar refractivity (Wildman–Crippen MR) is 76.4 cm³/mol. The van der Waals surface area contributed by atoms with Crippen molar-refractivity contribution in [1.29, 1.82) is 0 Å². The highest BCUT2D eigenvalue weighted by Crippen LogP contribution is 2.36. The van der Waals surface area contributed by atoms with Crippen molar-refractivity contribution in [3.63, 3.8) is 0 Å². The van der Waals surface area contributed by atoms with E-state index < -0.39 is 11.9 Å². The van der Waals surface area contributed by atoms with Gasteiger partial charge < -0.3 is 20.1 Å². The van der Waals surface area contributed by atoms with Crippen LogP contribution in [0.15, 0.2) is 24.3 Å². The van der Waals surface area contributed by atoms with Crippen LogP contribution in [-0.4, -0.2) is 49.3 Å². The molecule has 2 N–H and O–H groups in total. The molecule has 2 aliphatic heterocycles. The summed E-state index contributed by atoms with van der Waals surface area (Å²) in [7, 11) is 0. The lowest BCUT2D eigenvalue weighted by atomic mass is 10.0. The molecule has 112 valence electrons. The number of morpholine rings is 1. The van der Waals surface area contributed by atoms with Crippen molar-refractivity contribution in [2.24, 2.45) is 0 Å². The van der Waals surface area contributed by atoms with Gasteiger partial charge in [-0.15, -0.1) is 0 Å². The Labute approximate surface area is 122 Å². The molecule has 0 spiro atoms. The van der Waals surface area contributed by atoms with Gasteiger partial charge in [-0.2, -0.15) is 0 Å². The van der Waals surface area contributed by atoms with Crippen molar-refractivity contribution in [2.75, 3.05) is 31.2 Å². The normalized spacial score (nSPS) is 24.7. The van der Waals surface area contributed by atoms with Gasteiger partial charge >= 0.3 is 5.97 Å². The van der Waals surface area contributed by atoms with Crippen molar-refractivity contribution >= 4 is 17.6 Å². The Balaban J connectivity index is 1.76. The van der Waals surface area contributed by atoms with Crippen LogP contribution in [0.25, 0.3) is 0 Å². The smallest absolute Gasteiger partial charge is 0.312 e. The van der Waals surface area contributed by atoms with E-state index in [-0.39, 0.29) is 18.5 Å².